The number of carboxylic acid groups (broad SMARTS) is 2. The van der Waals surface area contributed by atoms with Gasteiger partial charge in [0.25, 0.3) is 0 Å². The summed E-state index contributed by atoms with van der Waals surface area (Å²) in [6, 6.07) is 0. The Balaban J connectivity index is 3.26. The van der Waals surface area contributed by atoms with Crippen molar-refractivity contribution in [2.45, 2.75) is 37.9 Å². The Kier molecular flexibility index (Phi) is 2.67. The molecule has 0 amide bonds. The van der Waals surface area contributed by atoms with Crippen molar-refractivity contribution in [2.75, 3.05) is 0 Å². The van der Waals surface area contributed by atoms with Gasteiger partial charge in [-0.1, -0.05) is 29.8 Å². The van der Waals surface area contributed by atoms with E-state index >= 15 is 0 Å². The van der Waals surface area contributed by atoms with E-state index in [-0.39, 0.29) is 0 Å². The van der Waals surface area contributed by atoms with E-state index in [1.165, 1.54) is 0 Å². The van der Waals surface area contributed by atoms with E-state index in [9.17, 15) is 19.8 Å². The third kappa shape index (κ3) is 1.32. The van der Waals surface area contributed by atoms with Gasteiger partial charge in [0.15, 0.2) is 0 Å². The maximum atomic E-state index is 11.2. The van der Waals surface area contributed by atoms with Gasteiger partial charge < -0.3 is 10.2 Å². The molecule has 1 aliphatic rings. The van der Waals surface area contributed by atoms with Gasteiger partial charge in [-0.25, -0.2) is 0 Å². The molecule has 0 unspecified atom stereocenters. The van der Waals surface area contributed by atoms with Crippen molar-refractivity contribution in [1.82, 2.24) is 0 Å². The molecule has 0 saturated heterocycles. The fourth-order valence-electron chi connectivity index (χ4n) is 2.23. The van der Waals surface area contributed by atoms with Gasteiger partial charge in [0.05, 0.1) is 5.41 Å². The first-order valence-electron chi connectivity index (χ1n) is 4.75. The Morgan fingerprint density at radius 2 is 1.53 bits per heavy atom. The molecule has 0 spiro atoms. The van der Waals surface area contributed by atoms with E-state index in [1.807, 2.05) is 0 Å². The lowest BCUT2D eigenvalue weighted by Crippen LogP contribution is -2.50. The fourth-order valence-corrected chi connectivity index (χ4v) is 2.87. The van der Waals surface area contributed by atoms with E-state index in [0.717, 1.165) is 0 Å². The minimum Gasteiger partial charge on any atom is -0.481 e. The average molecular weight is 279 g/mol. The Morgan fingerprint density at radius 3 is 1.73 bits per heavy atom. The van der Waals surface area contributed by atoms with Gasteiger partial charge >= 0.3 is 11.9 Å². The standard InChI is InChI=1S/C10H15BrO4/c1-8(2)9(3,6(12)13)4-5-10(8,11)7(14)15/h4-5H2,1-3H3,(H,12,13)(H,14,15)/t9-,10-/m1/s1. The molecule has 0 heterocycles. The molecule has 1 rings (SSSR count). The normalized spacial score (nSPS) is 38.9. The minimum absolute atomic E-state index is 0.331. The topological polar surface area (TPSA) is 74.6 Å². The summed E-state index contributed by atoms with van der Waals surface area (Å²) in [4.78, 5) is 22.4. The zero-order chi connectivity index (χ0) is 12.1. The number of hydrogen-bond donors (Lipinski definition) is 2. The highest BCUT2D eigenvalue weighted by Gasteiger charge is 2.66. The highest BCUT2D eigenvalue weighted by Crippen LogP contribution is 2.61. The summed E-state index contributed by atoms with van der Waals surface area (Å²) < 4.78 is -1.15. The maximum absolute atomic E-state index is 11.2. The molecule has 0 aromatic heterocycles. The van der Waals surface area contributed by atoms with Crippen molar-refractivity contribution in [1.29, 1.82) is 0 Å². The van der Waals surface area contributed by atoms with Crippen LogP contribution in [0.4, 0.5) is 0 Å². The number of aliphatic carboxylic acids is 2. The molecule has 1 aliphatic carbocycles. The highest BCUT2D eigenvalue weighted by atomic mass is 79.9. The van der Waals surface area contributed by atoms with Crippen molar-refractivity contribution in [3.05, 3.63) is 0 Å². The van der Waals surface area contributed by atoms with E-state index in [2.05, 4.69) is 15.9 Å². The van der Waals surface area contributed by atoms with E-state index in [1.54, 1.807) is 20.8 Å². The van der Waals surface area contributed by atoms with Gasteiger partial charge in [-0.15, -0.1) is 0 Å². The monoisotopic (exact) mass is 278 g/mol. The first-order valence-corrected chi connectivity index (χ1v) is 5.54. The lowest BCUT2D eigenvalue weighted by Gasteiger charge is -2.41. The third-order valence-electron chi connectivity index (χ3n) is 4.15. The van der Waals surface area contributed by atoms with Crippen molar-refractivity contribution >= 4 is 27.9 Å². The lowest BCUT2D eigenvalue weighted by molar-refractivity contribution is -0.156. The summed E-state index contributed by atoms with van der Waals surface area (Å²) in [5, 5.41) is 18.4. The molecule has 2 atom stereocenters. The van der Waals surface area contributed by atoms with Crippen LogP contribution in [0.15, 0.2) is 0 Å². The van der Waals surface area contributed by atoms with Crippen LogP contribution in [0.2, 0.25) is 0 Å². The molecule has 86 valence electrons. The summed E-state index contributed by atoms with van der Waals surface area (Å²) in [6.07, 6.45) is 0.699. The summed E-state index contributed by atoms with van der Waals surface area (Å²) in [5.41, 5.74) is -1.84. The molecule has 0 bridgehead atoms. The number of carbonyl (C=O) groups is 2. The summed E-state index contributed by atoms with van der Waals surface area (Å²) >= 11 is 3.21. The van der Waals surface area contributed by atoms with Crippen LogP contribution in [0.25, 0.3) is 0 Å². The second-order valence-electron chi connectivity index (χ2n) is 4.87. The first kappa shape index (κ1) is 12.5. The second-order valence-corrected chi connectivity index (χ2v) is 6.22. The highest BCUT2D eigenvalue weighted by molar-refractivity contribution is 9.10. The zero-order valence-electron chi connectivity index (χ0n) is 9.00. The van der Waals surface area contributed by atoms with Gasteiger partial charge in [-0.05, 0) is 19.8 Å². The molecule has 1 fully saturated rings. The quantitative estimate of drug-likeness (QED) is 0.759. The van der Waals surface area contributed by atoms with Crippen LogP contribution in [-0.2, 0) is 9.59 Å². The Bertz CT molecular complexity index is 295. The molecular formula is C10H15BrO4. The van der Waals surface area contributed by atoms with Crippen molar-refractivity contribution in [3.8, 4) is 0 Å². The number of halogens is 1. The summed E-state index contributed by atoms with van der Waals surface area (Å²) in [6.45, 7) is 5.00. The largest absolute Gasteiger partial charge is 0.481 e. The summed E-state index contributed by atoms with van der Waals surface area (Å²) in [7, 11) is 0. The van der Waals surface area contributed by atoms with E-state index < -0.39 is 27.1 Å². The molecule has 15 heavy (non-hydrogen) atoms. The molecule has 4 nitrogen and oxygen atoms in total. The van der Waals surface area contributed by atoms with Crippen LogP contribution in [0, 0.1) is 10.8 Å². The Labute approximate surface area is 96.8 Å². The van der Waals surface area contributed by atoms with Crippen LogP contribution in [-0.4, -0.2) is 26.5 Å². The average Bonchev–Trinajstić information content (AvgIpc) is 2.28. The number of hydrogen-bond acceptors (Lipinski definition) is 2. The number of alkyl halides is 1. The minimum atomic E-state index is -1.15. The van der Waals surface area contributed by atoms with E-state index in [0.29, 0.717) is 12.8 Å². The predicted molar refractivity (Wildman–Crippen MR) is 58.1 cm³/mol. The molecule has 1 saturated carbocycles. The smallest absolute Gasteiger partial charge is 0.321 e. The lowest BCUT2D eigenvalue weighted by atomic mass is 9.65. The molecule has 2 N–H and O–H groups in total. The van der Waals surface area contributed by atoms with Gasteiger partial charge in [0.1, 0.15) is 4.32 Å². The fraction of sp³-hybridized carbons (Fsp3) is 0.800. The molecular weight excluding hydrogens is 264 g/mol. The maximum Gasteiger partial charge on any atom is 0.321 e. The van der Waals surface area contributed by atoms with Crippen molar-refractivity contribution < 1.29 is 19.8 Å². The first-order chi connectivity index (χ1) is 6.59. The molecule has 0 aromatic carbocycles. The van der Waals surface area contributed by atoms with Gasteiger partial charge in [-0.2, -0.15) is 0 Å². The Morgan fingerprint density at radius 1 is 1.07 bits per heavy atom. The van der Waals surface area contributed by atoms with Crippen LogP contribution >= 0.6 is 15.9 Å². The summed E-state index contributed by atoms with van der Waals surface area (Å²) in [5.74, 6) is -1.92. The van der Waals surface area contributed by atoms with Crippen LogP contribution in [0.5, 0.6) is 0 Å². The predicted octanol–water partition coefficient (Wildman–Crippen LogP) is 2.12. The van der Waals surface area contributed by atoms with Crippen LogP contribution in [0.3, 0.4) is 0 Å². The SMILES string of the molecule is CC1(C)[C@](Br)(C(=O)O)CC[C@]1(C)C(=O)O. The third-order valence-corrected chi connectivity index (χ3v) is 5.88. The Hall–Kier alpha value is -0.580. The van der Waals surface area contributed by atoms with Crippen molar-refractivity contribution in [3.63, 3.8) is 0 Å². The van der Waals surface area contributed by atoms with Crippen LogP contribution < -0.4 is 0 Å². The zero-order valence-corrected chi connectivity index (χ0v) is 10.6. The molecule has 5 heteroatoms. The van der Waals surface area contributed by atoms with E-state index in [4.69, 9.17) is 0 Å². The second kappa shape index (κ2) is 3.20. The molecule has 0 radical (unpaired) electrons. The van der Waals surface area contributed by atoms with Crippen molar-refractivity contribution in [2.24, 2.45) is 10.8 Å². The molecule has 0 aromatic rings. The van der Waals surface area contributed by atoms with Gasteiger partial charge in [-0.3, -0.25) is 9.59 Å². The number of rotatable bonds is 2. The van der Waals surface area contributed by atoms with Gasteiger partial charge in [0, 0.05) is 5.41 Å². The number of carboxylic acids is 2. The van der Waals surface area contributed by atoms with Crippen LogP contribution in [0.1, 0.15) is 33.6 Å². The molecule has 0 aliphatic heterocycles. The van der Waals surface area contributed by atoms with Gasteiger partial charge in [0.2, 0.25) is 0 Å².